The van der Waals surface area contributed by atoms with E-state index in [-0.39, 0.29) is 17.8 Å². The molecule has 1 saturated heterocycles. The predicted octanol–water partition coefficient (Wildman–Crippen LogP) is 8.34. The third kappa shape index (κ3) is 5.37. The molecule has 5 rings (SSSR count). The number of amides is 2. The number of nitrogens with zero attached hydrogens (tertiary/aromatic N) is 1. The average Bonchev–Trinajstić information content (AvgIpc) is 3.12. The van der Waals surface area contributed by atoms with E-state index in [0.29, 0.717) is 33.2 Å². The smallest absolute Gasteiger partial charge is 0.293 e. The van der Waals surface area contributed by atoms with Crippen LogP contribution in [0.4, 0.5) is 4.79 Å². The third-order valence-electron chi connectivity index (χ3n) is 6.64. The van der Waals surface area contributed by atoms with Gasteiger partial charge >= 0.3 is 0 Å². The van der Waals surface area contributed by atoms with Crippen LogP contribution in [0, 0.1) is 5.92 Å². The molecule has 7 heteroatoms. The molecule has 0 aromatic heterocycles. The lowest BCUT2D eigenvalue weighted by atomic mass is 9.89. The standard InChI is InChI=1S/C28H25Cl2NO3S/c29-21-12-10-20(24(30)14-21)17-34-25-13-11-19-8-4-5-9-22(19)23(25)15-26-27(32)31(28(33)35-26)16-18-6-2-1-3-7-18/h4-5,8-15,18H,1-3,6-7,16-17H2/b26-15+. The number of benzene rings is 3. The second-order valence-corrected chi connectivity index (χ2v) is 10.9. The topological polar surface area (TPSA) is 46.6 Å². The van der Waals surface area contributed by atoms with E-state index in [9.17, 15) is 9.59 Å². The Hall–Kier alpha value is -2.47. The fraction of sp³-hybridized carbons (Fsp3) is 0.286. The van der Waals surface area contributed by atoms with Gasteiger partial charge in [-0.25, -0.2) is 0 Å². The number of carbonyl (C=O) groups excluding carboxylic acids is 2. The number of hydrogen-bond acceptors (Lipinski definition) is 4. The number of carbonyl (C=O) groups is 2. The number of ether oxygens (including phenoxy) is 1. The molecule has 2 aliphatic rings. The van der Waals surface area contributed by atoms with Crippen LogP contribution in [-0.2, 0) is 11.4 Å². The van der Waals surface area contributed by atoms with E-state index in [4.69, 9.17) is 27.9 Å². The summed E-state index contributed by atoms with van der Waals surface area (Å²) >= 11 is 13.4. The lowest BCUT2D eigenvalue weighted by Gasteiger charge is -2.25. The van der Waals surface area contributed by atoms with E-state index in [1.54, 1.807) is 18.2 Å². The van der Waals surface area contributed by atoms with E-state index in [1.807, 2.05) is 42.5 Å². The van der Waals surface area contributed by atoms with Crippen LogP contribution in [-0.4, -0.2) is 22.6 Å². The Morgan fingerprint density at radius 1 is 1.00 bits per heavy atom. The van der Waals surface area contributed by atoms with Gasteiger partial charge in [0.25, 0.3) is 11.1 Å². The zero-order chi connectivity index (χ0) is 24.4. The van der Waals surface area contributed by atoms with Gasteiger partial charge in [-0.3, -0.25) is 14.5 Å². The molecule has 1 heterocycles. The maximum absolute atomic E-state index is 13.2. The van der Waals surface area contributed by atoms with Gasteiger partial charge < -0.3 is 4.74 Å². The molecule has 1 saturated carbocycles. The minimum atomic E-state index is -0.217. The van der Waals surface area contributed by atoms with Crippen molar-refractivity contribution in [2.24, 2.45) is 5.92 Å². The summed E-state index contributed by atoms with van der Waals surface area (Å²) in [5.74, 6) is 0.802. The molecule has 2 fully saturated rings. The minimum absolute atomic E-state index is 0.192. The molecule has 180 valence electrons. The largest absolute Gasteiger partial charge is 0.488 e. The van der Waals surface area contributed by atoms with Crippen LogP contribution >= 0.6 is 35.0 Å². The van der Waals surface area contributed by atoms with Crippen molar-refractivity contribution in [2.75, 3.05) is 6.54 Å². The summed E-state index contributed by atoms with van der Waals surface area (Å²) in [6.45, 7) is 0.758. The van der Waals surface area contributed by atoms with Gasteiger partial charge in [-0.15, -0.1) is 0 Å². The average molecular weight is 526 g/mol. The first kappa shape index (κ1) is 24.2. The zero-order valence-electron chi connectivity index (χ0n) is 19.1. The molecule has 0 atom stereocenters. The predicted molar refractivity (Wildman–Crippen MR) is 144 cm³/mol. The molecule has 3 aromatic rings. The molecule has 0 N–H and O–H groups in total. The SMILES string of the molecule is O=C1S/C(=C/c2c(OCc3ccc(Cl)cc3Cl)ccc3ccccc23)C(=O)N1CC1CCCCC1. The summed E-state index contributed by atoms with van der Waals surface area (Å²) in [6, 6.07) is 17.1. The van der Waals surface area contributed by atoms with Gasteiger partial charge in [0, 0.05) is 27.7 Å². The van der Waals surface area contributed by atoms with Gasteiger partial charge in [-0.2, -0.15) is 0 Å². The maximum Gasteiger partial charge on any atom is 0.293 e. The van der Waals surface area contributed by atoms with Crippen LogP contribution in [0.15, 0.2) is 59.5 Å². The van der Waals surface area contributed by atoms with E-state index in [2.05, 4.69) is 0 Å². The summed E-state index contributed by atoms with van der Waals surface area (Å²) in [4.78, 5) is 27.8. The van der Waals surface area contributed by atoms with Gasteiger partial charge in [-0.05, 0) is 65.6 Å². The van der Waals surface area contributed by atoms with Gasteiger partial charge in [-0.1, -0.05) is 78.9 Å². The van der Waals surface area contributed by atoms with Gasteiger partial charge in [0.15, 0.2) is 0 Å². The van der Waals surface area contributed by atoms with E-state index in [0.717, 1.165) is 46.5 Å². The quantitative estimate of drug-likeness (QED) is 0.303. The summed E-state index contributed by atoms with van der Waals surface area (Å²) in [5, 5.41) is 2.88. The van der Waals surface area contributed by atoms with Gasteiger partial charge in [0.2, 0.25) is 0 Å². The molecule has 4 nitrogen and oxygen atoms in total. The summed E-state index contributed by atoms with van der Waals surface area (Å²) < 4.78 is 6.18. The second kappa shape index (κ2) is 10.7. The van der Waals surface area contributed by atoms with E-state index < -0.39 is 0 Å². The van der Waals surface area contributed by atoms with Crippen molar-refractivity contribution in [1.82, 2.24) is 4.90 Å². The van der Waals surface area contributed by atoms with Crippen molar-refractivity contribution in [3.63, 3.8) is 0 Å². The number of thioether (sulfide) groups is 1. The molecular weight excluding hydrogens is 501 g/mol. The van der Waals surface area contributed by atoms with E-state index >= 15 is 0 Å². The monoisotopic (exact) mass is 525 g/mol. The normalized spacial score (nSPS) is 18.1. The highest BCUT2D eigenvalue weighted by atomic mass is 35.5. The number of rotatable bonds is 6. The number of hydrogen-bond donors (Lipinski definition) is 0. The Morgan fingerprint density at radius 3 is 2.60 bits per heavy atom. The Morgan fingerprint density at radius 2 is 1.80 bits per heavy atom. The fourth-order valence-corrected chi connectivity index (χ4v) is 6.05. The maximum atomic E-state index is 13.2. The van der Waals surface area contributed by atoms with Crippen LogP contribution in [0.5, 0.6) is 5.75 Å². The second-order valence-electron chi connectivity index (χ2n) is 9.02. The molecular formula is C28H25Cl2NO3S. The first-order valence-electron chi connectivity index (χ1n) is 11.8. The highest BCUT2D eigenvalue weighted by molar-refractivity contribution is 8.18. The lowest BCUT2D eigenvalue weighted by molar-refractivity contribution is -0.123. The summed E-state index contributed by atoms with van der Waals surface area (Å²) in [6.07, 6.45) is 7.54. The molecule has 2 amide bonds. The molecule has 0 spiro atoms. The first-order chi connectivity index (χ1) is 17.0. The fourth-order valence-electron chi connectivity index (χ4n) is 4.76. The molecule has 3 aromatic carbocycles. The molecule has 1 aliphatic carbocycles. The molecule has 0 unspecified atom stereocenters. The zero-order valence-corrected chi connectivity index (χ0v) is 21.5. The number of halogens is 2. The van der Waals surface area contributed by atoms with Crippen LogP contribution in [0.25, 0.3) is 16.8 Å². The Kier molecular flexibility index (Phi) is 7.37. The molecule has 0 radical (unpaired) electrons. The third-order valence-corrected chi connectivity index (χ3v) is 8.14. The number of imide groups is 1. The van der Waals surface area contributed by atoms with Crippen molar-refractivity contribution in [3.8, 4) is 5.75 Å². The van der Waals surface area contributed by atoms with Crippen molar-refractivity contribution in [3.05, 3.63) is 80.7 Å². The lowest BCUT2D eigenvalue weighted by Crippen LogP contribution is -2.34. The van der Waals surface area contributed by atoms with Crippen molar-refractivity contribution in [2.45, 2.75) is 38.7 Å². The Bertz CT molecular complexity index is 1320. The number of fused-ring (bicyclic) bond motifs is 1. The van der Waals surface area contributed by atoms with Crippen LogP contribution < -0.4 is 4.74 Å². The van der Waals surface area contributed by atoms with Crippen molar-refractivity contribution >= 4 is 63.0 Å². The molecule has 35 heavy (non-hydrogen) atoms. The van der Waals surface area contributed by atoms with Crippen molar-refractivity contribution in [1.29, 1.82) is 0 Å². The van der Waals surface area contributed by atoms with Gasteiger partial charge in [0.1, 0.15) is 12.4 Å². The van der Waals surface area contributed by atoms with Crippen molar-refractivity contribution < 1.29 is 14.3 Å². The highest BCUT2D eigenvalue weighted by Crippen LogP contribution is 2.38. The summed E-state index contributed by atoms with van der Waals surface area (Å²) in [7, 11) is 0. The molecule has 1 aliphatic heterocycles. The molecule has 0 bridgehead atoms. The Labute approximate surface area is 219 Å². The summed E-state index contributed by atoms with van der Waals surface area (Å²) in [5.41, 5.74) is 1.58. The van der Waals surface area contributed by atoms with E-state index in [1.165, 1.54) is 24.2 Å². The highest BCUT2D eigenvalue weighted by Gasteiger charge is 2.36. The minimum Gasteiger partial charge on any atom is -0.488 e. The van der Waals surface area contributed by atoms with Crippen LogP contribution in [0.2, 0.25) is 10.0 Å². The van der Waals surface area contributed by atoms with Gasteiger partial charge in [0.05, 0.1) is 4.91 Å². The first-order valence-corrected chi connectivity index (χ1v) is 13.4. The Balaban J connectivity index is 1.45. The van der Waals surface area contributed by atoms with Crippen LogP contribution in [0.3, 0.4) is 0 Å². The van der Waals surface area contributed by atoms with Crippen LogP contribution in [0.1, 0.15) is 43.2 Å².